The van der Waals surface area contributed by atoms with E-state index in [4.69, 9.17) is 42.6 Å². The van der Waals surface area contributed by atoms with Crippen LogP contribution in [0.5, 0.6) is 0 Å². The Balaban J connectivity index is 0.000000117. The first-order chi connectivity index (χ1) is 68.9. The van der Waals surface area contributed by atoms with Gasteiger partial charge in [0.05, 0.1) is 33.0 Å². The van der Waals surface area contributed by atoms with Gasteiger partial charge in [0.25, 0.3) is 0 Å². The molecule has 0 heterocycles. The Hall–Kier alpha value is -4.98. The number of carbonyl (C=O) groups excluding carboxylic acids is 9. The molecule has 0 aliphatic heterocycles. The molecular formula is C126H197F3O18. The molecule has 830 valence electrons. The van der Waals surface area contributed by atoms with Crippen LogP contribution in [0.15, 0.2) is 0 Å². The van der Waals surface area contributed by atoms with E-state index in [1.54, 1.807) is 0 Å². The number of halogens is 3. The van der Waals surface area contributed by atoms with Crippen LogP contribution in [0.25, 0.3) is 0 Å². The fourth-order valence-electron chi connectivity index (χ4n) is 40.3. The summed E-state index contributed by atoms with van der Waals surface area (Å²) in [7, 11) is 0. The molecule has 0 spiro atoms. The molecule has 31 aliphatic rings. The minimum atomic E-state index is -4.56. The summed E-state index contributed by atoms with van der Waals surface area (Å²) in [4.78, 5) is 114. The Bertz CT molecular complexity index is 4670. The maximum atomic E-state index is 13.6. The van der Waals surface area contributed by atoms with Crippen LogP contribution in [0.4, 0.5) is 13.2 Å². The number of ether oxygens (including phenoxy) is 9. The molecule has 31 rings (SSSR count). The van der Waals surface area contributed by atoms with Gasteiger partial charge in [-0.25, -0.2) is 9.59 Å². The van der Waals surface area contributed by atoms with Gasteiger partial charge in [0.15, 0.2) is 18.6 Å². The average molecular weight is 2060 g/mol. The summed E-state index contributed by atoms with van der Waals surface area (Å²) in [5.41, 5.74) is -7.08. The van der Waals surface area contributed by atoms with Gasteiger partial charge in [-0.3, -0.25) is 33.6 Å². The fourth-order valence-corrected chi connectivity index (χ4v) is 40.3. The van der Waals surface area contributed by atoms with E-state index in [-0.39, 0.29) is 100 Å². The standard InChI is InChI=1S/C31H46O6.C22H34O2.C21H34O4.C21H32O2.C18H30O2.C13H21F3O2/c1-5-28(3,4)26(33)37-30-15-21-8-22(16-30)14-29(13-21,18-30)27(34)35-17-25(32)36-31(6-2)23-9-19-7-20(11-23)12-24(31)10-19;1-5-12(2)20(23)24-21(3,4)22-11-14-7-16-15-6-13(9-18(16)22)10-19(22)17(15)8-14;1-6-19(2,3)18(23)24-13-17(22)25-20(4,5)21-10-14-7-15(11-21)9-16(8-14)12-21;1-5-20(2,3)19(22)23-21(4)12-9-14-13-6-11-7-16(14)18(21)17(8-11)15(13)10-12;1-5-17(3,4)16(19)20-18(6-2)14-8-12-7-13(10-14)11-15(18)9-12;1-4-11(3,13(14,15)16)10(17)18-12(5-2)8-6-7-9-12/h19-24H,5-18H2,1-4H3;12-19H,5-11H2,1-4H3;14-16H,6-13H2,1-5H3;11-18H,5-10H2,1-4H3;12-15H,5-11H2,1-4H3;4-9H2,1-3H3. The molecule has 0 radical (unpaired) electrons. The molecule has 31 aliphatic carbocycles. The van der Waals surface area contributed by atoms with E-state index in [1.807, 2.05) is 83.1 Å². The Morgan fingerprint density at radius 1 is 0.340 bits per heavy atom. The molecule has 31 saturated carbocycles. The zero-order chi connectivity index (χ0) is 106. The summed E-state index contributed by atoms with van der Waals surface area (Å²) < 4.78 is 92.6. The first-order valence-corrected chi connectivity index (χ1v) is 60.9. The van der Waals surface area contributed by atoms with Crippen molar-refractivity contribution >= 4 is 53.7 Å². The third kappa shape index (κ3) is 19.7. The normalized spacial score (nSPS) is 42.9. The van der Waals surface area contributed by atoms with E-state index in [2.05, 4.69) is 69.2 Å². The van der Waals surface area contributed by atoms with Crippen molar-refractivity contribution in [2.45, 2.75) is 507 Å². The van der Waals surface area contributed by atoms with E-state index in [0.717, 1.165) is 202 Å². The molecule has 13 atom stereocenters. The topological polar surface area (TPSA) is 237 Å². The van der Waals surface area contributed by atoms with Crippen molar-refractivity contribution in [2.24, 2.45) is 215 Å². The van der Waals surface area contributed by atoms with Crippen molar-refractivity contribution in [3.63, 3.8) is 0 Å². The monoisotopic (exact) mass is 2060 g/mol. The second-order valence-corrected chi connectivity index (χ2v) is 59.3. The van der Waals surface area contributed by atoms with Gasteiger partial charge in [0, 0.05) is 23.2 Å². The van der Waals surface area contributed by atoms with Crippen LogP contribution in [0.1, 0.15) is 462 Å². The molecule has 32 bridgehead atoms. The third-order valence-corrected chi connectivity index (χ3v) is 49.2. The van der Waals surface area contributed by atoms with Gasteiger partial charge in [-0.1, -0.05) is 69.2 Å². The highest BCUT2D eigenvalue weighted by atomic mass is 19.4. The first-order valence-electron chi connectivity index (χ1n) is 60.9. The van der Waals surface area contributed by atoms with E-state index in [1.165, 1.54) is 180 Å². The van der Waals surface area contributed by atoms with Crippen LogP contribution in [-0.2, 0) is 85.8 Å². The smallest absolute Gasteiger partial charge is 0.404 e. The number of hydrogen-bond acceptors (Lipinski definition) is 18. The number of alkyl halides is 3. The van der Waals surface area contributed by atoms with Crippen LogP contribution < -0.4 is 0 Å². The lowest BCUT2D eigenvalue weighted by Crippen LogP contribution is -2.73. The summed E-state index contributed by atoms with van der Waals surface area (Å²) in [5.74, 6) is 19.8. The Labute approximate surface area is 882 Å². The molecule has 0 saturated heterocycles. The molecule has 0 aromatic carbocycles. The van der Waals surface area contributed by atoms with Crippen molar-refractivity contribution in [3.05, 3.63) is 0 Å². The summed E-state index contributed by atoms with van der Waals surface area (Å²) >= 11 is 0. The quantitative estimate of drug-likeness (QED) is 0.0500. The van der Waals surface area contributed by atoms with Crippen LogP contribution in [0, 0.1) is 215 Å². The number of rotatable bonds is 29. The summed E-state index contributed by atoms with van der Waals surface area (Å²) in [6.45, 7) is 46.8. The number of esters is 9. The molecule has 147 heavy (non-hydrogen) atoms. The SMILES string of the molecule is CCC(C)(C)C(=O)OC1(C)C2CC3C4CC5CC3C1C(C5)C4C2.CCC(C)(C)C(=O)OC1(CC)C2CC3CC(C2)CC1C3.CCC(C)(C)C(=O)OC12CC3CC(C1)CC(C(=O)OCC(=O)OC1(CC)C4CC5CC(C4)CC1C5)(C3)C2.CCC(C)(C)C(=O)OCC(=O)OC(C)(C)C12CC3CC(CC(C3)C1)C2.CCC(C)C(=O)OC(C)(C)C12CC3CC4C5CC(CC41)CC2C5C3.CCC1(OC(=O)C(C)(CC)C(F)(F)F)CCCC1. The molecule has 0 aromatic heterocycles. The molecule has 0 N–H and O–H groups in total. The Morgan fingerprint density at radius 3 is 1.17 bits per heavy atom. The Kier molecular flexibility index (Phi) is 30.6. The van der Waals surface area contributed by atoms with Crippen molar-refractivity contribution in [2.75, 3.05) is 13.2 Å². The highest BCUT2D eigenvalue weighted by molar-refractivity contribution is 5.83. The molecule has 31 fully saturated rings. The lowest BCUT2D eigenvalue weighted by Gasteiger charge is -2.77. The zero-order valence-corrected chi connectivity index (χ0v) is 95.7. The molecule has 13 unspecified atom stereocenters. The van der Waals surface area contributed by atoms with Crippen LogP contribution in [0.3, 0.4) is 0 Å². The first kappa shape index (κ1) is 112. The van der Waals surface area contributed by atoms with E-state index in [0.29, 0.717) is 91.3 Å². The molecule has 21 heteroatoms. The third-order valence-electron chi connectivity index (χ3n) is 49.2. The van der Waals surface area contributed by atoms with Crippen molar-refractivity contribution < 1.29 is 99.0 Å². The van der Waals surface area contributed by atoms with Gasteiger partial charge < -0.3 is 42.6 Å². The predicted octanol–water partition coefficient (Wildman–Crippen LogP) is 29.0. The highest BCUT2D eigenvalue weighted by Gasteiger charge is 2.77. The lowest BCUT2D eigenvalue weighted by molar-refractivity contribution is -0.309. The van der Waals surface area contributed by atoms with Crippen molar-refractivity contribution in [3.8, 4) is 0 Å². The summed E-state index contributed by atoms with van der Waals surface area (Å²) in [6.07, 6.45) is 45.8. The van der Waals surface area contributed by atoms with Crippen molar-refractivity contribution in [1.82, 2.24) is 0 Å². The molecular weight excluding hydrogens is 1860 g/mol. The maximum absolute atomic E-state index is 13.6. The summed E-state index contributed by atoms with van der Waals surface area (Å²) in [5, 5.41) is 0. The minimum absolute atomic E-state index is 0.0337. The van der Waals surface area contributed by atoms with E-state index >= 15 is 0 Å². The van der Waals surface area contributed by atoms with Crippen LogP contribution in [0.2, 0.25) is 0 Å². The van der Waals surface area contributed by atoms with Gasteiger partial charge >= 0.3 is 59.9 Å². The zero-order valence-electron chi connectivity index (χ0n) is 95.7. The predicted molar refractivity (Wildman–Crippen MR) is 559 cm³/mol. The highest BCUT2D eigenvalue weighted by Crippen LogP contribution is 2.80. The molecule has 0 amide bonds. The molecule has 18 nitrogen and oxygen atoms in total. The van der Waals surface area contributed by atoms with E-state index < -0.39 is 62.5 Å². The number of hydrogen-bond donors (Lipinski definition) is 0. The maximum Gasteiger partial charge on any atom is 0.404 e. The number of carbonyl (C=O) groups is 9. The Morgan fingerprint density at radius 2 is 0.728 bits per heavy atom. The minimum Gasteiger partial charge on any atom is -0.459 e. The second kappa shape index (κ2) is 40.3. The van der Waals surface area contributed by atoms with E-state index in [9.17, 15) is 56.3 Å². The van der Waals surface area contributed by atoms with Gasteiger partial charge in [0.2, 0.25) is 0 Å². The van der Waals surface area contributed by atoms with Gasteiger partial charge in [-0.05, 0) is 546 Å². The molecule has 0 aromatic rings. The lowest BCUT2D eigenvalue weighted by atomic mass is 9.28. The van der Waals surface area contributed by atoms with Gasteiger partial charge in [-0.15, -0.1) is 0 Å². The second-order valence-electron chi connectivity index (χ2n) is 59.3. The largest absolute Gasteiger partial charge is 0.459 e. The van der Waals surface area contributed by atoms with Crippen LogP contribution in [-0.4, -0.2) is 112 Å². The average Bonchev–Trinajstić information content (AvgIpc) is 1.38. The van der Waals surface area contributed by atoms with Gasteiger partial charge in [-0.2, -0.15) is 13.2 Å². The fraction of sp³-hybridized carbons (Fsp3) is 0.929. The van der Waals surface area contributed by atoms with Crippen molar-refractivity contribution in [1.29, 1.82) is 0 Å². The summed E-state index contributed by atoms with van der Waals surface area (Å²) in [6, 6.07) is 0. The van der Waals surface area contributed by atoms with Gasteiger partial charge in [0.1, 0.15) is 39.2 Å². The van der Waals surface area contributed by atoms with Crippen LogP contribution >= 0.6 is 0 Å².